The molecule has 0 saturated heterocycles. The van der Waals surface area contributed by atoms with Gasteiger partial charge >= 0.3 is 0 Å². The highest BCUT2D eigenvalue weighted by atomic mass is 19.2. The minimum atomic E-state index is -0.812. The van der Waals surface area contributed by atoms with Crippen LogP contribution in [0.15, 0.2) is 18.2 Å². The number of hydrogen-bond acceptors (Lipinski definition) is 1. The van der Waals surface area contributed by atoms with E-state index in [2.05, 4.69) is 20.8 Å². The Balaban J connectivity index is 2.44. The lowest BCUT2D eigenvalue weighted by Gasteiger charge is -2.46. The third-order valence-corrected chi connectivity index (χ3v) is 3.90. The Labute approximate surface area is 107 Å². The first-order chi connectivity index (χ1) is 8.23. The first-order valence-corrected chi connectivity index (χ1v) is 6.47. The zero-order valence-electron chi connectivity index (χ0n) is 11.3. The standard InChI is InChI=1S/C15H21F2N/c1-10-7-14(2,3)9-15(18,8-10)11-5-4-6-12(16)13(11)17/h4-6,10H,7-9,18H2,1-3H3. The maximum atomic E-state index is 14.0. The second-order valence-electron chi connectivity index (χ2n) is 6.61. The van der Waals surface area contributed by atoms with Gasteiger partial charge in [0.15, 0.2) is 11.6 Å². The topological polar surface area (TPSA) is 26.0 Å². The third kappa shape index (κ3) is 2.41. The molecule has 0 bridgehead atoms. The fraction of sp³-hybridized carbons (Fsp3) is 0.600. The Bertz CT molecular complexity index is 456. The van der Waals surface area contributed by atoms with E-state index in [4.69, 9.17) is 5.73 Å². The first kappa shape index (κ1) is 13.5. The van der Waals surface area contributed by atoms with Crippen LogP contribution in [0.1, 0.15) is 45.6 Å². The molecule has 0 spiro atoms. The largest absolute Gasteiger partial charge is 0.321 e. The maximum absolute atomic E-state index is 14.0. The van der Waals surface area contributed by atoms with Gasteiger partial charge in [-0.15, -0.1) is 0 Å². The Morgan fingerprint density at radius 1 is 1.22 bits per heavy atom. The van der Waals surface area contributed by atoms with Gasteiger partial charge in [0.25, 0.3) is 0 Å². The molecule has 2 rings (SSSR count). The Kier molecular flexibility index (Phi) is 3.22. The van der Waals surface area contributed by atoms with Gasteiger partial charge in [-0.1, -0.05) is 32.9 Å². The van der Waals surface area contributed by atoms with E-state index in [-0.39, 0.29) is 5.41 Å². The molecule has 1 aromatic carbocycles. The Hall–Kier alpha value is -0.960. The van der Waals surface area contributed by atoms with Crippen molar-refractivity contribution in [3.63, 3.8) is 0 Å². The van der Waals surface area contributed by atoms with E-state index in [1.54, 1.807) is 6.07 Å². The molecule has 100 valence electrons. The summed E-state index contributed by atoms with van der Waals surface area (Å²) in [5.41, 5.74) is 6.03. The summed E-state index contributed by atoms with van der Waals surface area (Å²) < 4.78 is 27.3. The number of nitrogens with two attached hydrogens (primary N) is 1. The molecule has 0 aliphatic heterocycles. The second-order valence-corrected chi connectivity index (χ2v) is 6.61. The van der Waals surface area contributed by atoms with Crippen LogP contribution < -0.4 is 5.73 Å². The lowest BCUT2D eigenvalue weighted by atomic mass is 9.62. The highest BCUT2D eigenvalue weighted by Gasteiger charge is 2.42. The van der Waals surface area contributed by atoms with Gasteiger partial charge < -0.3 is 5.73 Å². The zero-order chi connectivity index (χ0) is 13.6. The first-order valence-electron chi connectivity index (χ1n) is 6.47. The molecule has 0 amide bonds. The number of halogens is 2. The zero-order valence-corrected chi connectivity index (χ0v) is 11.3. The van der Waals surface area contributed by atoms with Crippen molar-refractivity contribution in [2.45, 2.75) is 45.6 Å². The molecule has 2 unspecified atom stereocenters. The van der Waals surface area contributed by atoms with Crippen LogP contribution in [0.5, 0.6) is 0 Å². The van der Waals surface area contributed by atoms with Gasteiger partial charge in [0.05, 0.1) is 0 Å². The van der Waals surface area contributed by atoms with Crippen LogP contribution in [0.4, 0.5) is 8.78 Å². The molecule has 3 heteroatoms. The van der Waals surface area contributed by atoms with Crippen LogP contribution in [0.3, 0.4) is 0 Å². The molecule has 2 atom stereocenters. The minimum Gasteiger partial charge on any atom is -0.321 e. The van der Waals surface area contributed by atoms with Crippen LogP contribution in [-0.4, -0.2) is 0 Å². The van der Waals surface area contributed by atoms with Gasteiger partial charge in [-0.05, 0) is 36.7 Å². The third-order valence-electron chi connectivity index (χ3n) is 3.90. The van der Waals surface area contributed by atoms with Gasteiger partial charge in [-0.25, -0.2) is 8.78 Å². The number of rotatable bonds is 1. The van der Waals surface area contributed by atoms with E-state index < -0.39 is 17.2 Å². The van der Waals surface area contributed by atoms with Crippen molar-refractivity contribution >= 4 is 0 Å². The number of hydrogen-bond donors (Lipinski definition) is 1. The fourth-order valence-corrected chi connectivity index (χ4v) is 3.73. The van der Waals surface area contributed by atoms with Gasteiger partial charge in [0.1, 0.15) is 0 Å². The van der Waals surface area contributed by atoms with Crippen molar-refractivity contribution < 1.29 is 8.78 Å². The van der Waals surface area contributed by atoms with Crippen molar-refractivity contribution in [3.05, 3.63) is 35.4 Å². The van der Waals surface area contributed by atoms with Crippen LogP contribution in [0.2, 0.25) is 0 Å². The highest BCUT2D eigenvalue weighted by Crippen LogP contribution is 2.47. The van der Waals surface area contributed by atoms with Crippen molar-refractivity contribution in [2.75, 3.05) is 0 Å². The van der Waals surface area contributed by atoms with E-state index in [9.17, 15) is 8.78 Å². The number of benzene rings is 1. The molecule has 1 fully saturated rings. The van der Waals surface area contributed by atoms with Crippen LogP contribution in [0, 0.1) is 23.0 Å². The average molecular weight is 253 g/mol. The average Bonchev–Trinajstić information content (AvgIpc) is 2.18. The van der Waals surface area contributed by atoms with Crippen molar-refractivity contribution in [1.82, 2.24) is 0 Å². The monoisotopic (exact) mass is 253 g/mol. The van der Waals surface area contributed by atoms with E-state index in [0.29, 0.717) is 24.3 Å². The fourth-order valence-electron chi connectivity index (χ4n) is 3.73. The molecule has 1 saturated carbocycles. The van der Waals surface area contributed by atoms with E-state index in [1.165, 1.54) is 6.07 Å². The summed E-state index contributed by atoms with van der Waals surface area (Å²) in [6.45, 7) is 6.41. The molecule has 18 heavy (non-hydrogen) atoms. The van der Waals surface area contributed by atoms with Crippen LogP contribution in [-0.2, 0) is 5.54 Å². The normalized spacial score (nSPS) is 31.3. The predicted molar refractivity (Wildman–Crippen MR) is 69.0 cm³/mol. The Morgan fingerprint density at radius 2 is 1.89 bits per heavy atom. The summed E-state index contributed by atoms with van der Waals surface area (Å²) in [6, 6.07) is 4.29. The SMILES string of the molecule is CC1CC(C)(C)CC(N)(c2cccc(F)c2F)C1. The molecule has 1 aromatic rings. The predicted octanol–water partition coefficient (Wildman–Crippen LogP) is 3.97. The molecular formula is C15H21F2N. The summed E-state index contributed by atoms with van der Waals surface area (Å²) in [5.74, 6) is -1.18. The lowest BCUT2D eigenvalue weighted by Crippen LogP contribution is -2.47. The maximum Gasteiger partial charge on any atom is 0.163 e. The van der Waals surface area contributed by atoms with E-state index in [0.717, 1.165) is 12.5 Å². The molecular weight excluding hydrogens is 232 g/mol. The summed E-state index contributed by atoms with van der Waals surface area (Å²) in [6.07, 6.45) is 2.46. The summed E-state index contributed by atoms with van der Waals surface area (Å²) in [5, 5.41) is 0. The van der Waals surface area contributed by atoms with Crippen molar-refractivity contribution in [1.29, 1.82) is 0 Å². The Morgan fingerprint density at radius 3 is 2.50 bits per heavy atom. The smallest absolute Gasteiger partial charge is 0.163 e. The van der Waals surface area contributed by atoms with Crippen LogP contribution in [0.25, 0.3) is 0 Å². The van der Waals surface area contributed by atoms with Gasteiger partial charge in [0.2, 0.25) is 0 Å². The molecule has 2 N–H and O–H groups in total. The molecule has 1 aliphatic carbocycles. The quantitative estimate of drug-likeness (QED) is 0.805. The van der Waals surface area contributed by atoms with Crippen molar-refractivity contribution in [2.24, 2.45) is 17.1 Å². The minimum absolute atomic E-state index is 0.0607. The molecule has 1 nitrogen and oxygen atoms in total. The molecule has 1 aliphatic rings. The lowest BCUT2D eigenvalue weighted by molar-refractivity contribution is 0.104. The van der Waals surface area contributed by atoms with Gasteiger partial charge in [0, 0.05) is 11.1 Å². The highest BCUT2D eigenvalue weighted by molar-refractivity contribution is 5.28. The summed E-state index contributed by atoms with van der Waals surface area (Å²) >= 11 is 0. The van der Waals surface area contributed by atoms with Gasteiger partial charge in [-0.2, -0.15) is 0 Å². The van der Waals surface area contributed by atoms with E-state index >= 15 is 0 Å². The molecule has 0 heterocycles. The second kappa shape index (κ2) is 4.30. The van der Waals surface area contributed by atoms with Crippen molar-refractivity contribution in [3.8, 4) is 0 Å². The van der Waals surface area contributed by atoms with Crippen LogP contribution >= 0.6 is 0 Å². The molecule has 0 aromatic heterocycles. The summed E-state index contributed by atoms with van der Waals surface area (Å²) in [7, 11) is 0. The van der Waals surface area contributed by atoms with Gasteiger partial charge in [-0.3, -0.25) is 0 Å². The van der Waals surface area contributed by atoms with E-state index in [1.807, 2.05) is 0 Å². The molecule has 0 radical (unpaired) electrons. The summed E-state index contributed by atoms with van der Waals surface area (Å²) in [4.78, 5) is 0.